The number of halogens is 1. The summed E-state index contributed by atoms with van der Waals surface area (Å²) >= 11 is 7.11. The van der Waals surface area contributed by atoms with Crippen LogP contribution in [-0.2, 0) is 16.6 Å². The molecule has 0 aliphatic heterocycles. The molecule has 0 bridgehead atoms. The van der Waals surface area contributed by atoms with Crippen molar-refractivity contribution in [1.82, 2.24) is 14.7 Å². The van der Waals surface area contributed by atoms with Crippen LogP contribution in [0.5, 0.6) is 0 Å². The second kappa shape index (κ2) is 5.31. The van der Waals surface area contributed by atoms with E-state index in [2.05, 4.69) is 14.7 Å². The van der Waals surface area contributed by atoms with Crippen LogP contribution in [0.25, 0.3) is 0 Å². The average Bonchev–Trinajstić information content (AvgIpc) is 2.73. The number of aromatic nitrogens is 2. The van der Waals surface area contributed by atoms with Gasteiger partial charge in [0.2, 0.25) is 10.0 Å². The van der Waals surface area contributed by atoms with Gasteiger partial charge in [0.15, 0.2) is 0 Å². The molecule has 0 unspecified atom stereocenters. The summed E-state index contributed by atoms with van der Waals surface area (Å²) in [5, 5.41) is 1.04. The highest BCUT2D eigenvalue weighted by Crippen LogP contribution is 2.15. The molecule has 96 valence electrons. The Kier molecular flexibility index (Phi) is 3.96. The Morgan fingerprint density at radius 2 is 2.22 bits per heavy atom. The first-order valence-corrected chi connectivity index (χ1v) is 7.68. The molecule has 2 heterocycles. The summed E-state index contributed by atoms with van der Waals surface area (Å²) < 4.78 is 26.4. The number of hydrogen-bond acceptors (Lipinski definition) is 5. The van der Waals surface area contributed by atoms with E-state index in [1.807, 2.05) is 6.92 Å². The minimum Gasteiger partial charge on any atom is -0.250 e. The molecule has 0 atom stereocenters. The minimum atomic E-state index is -3.57. The summed E-state index contributed by atoms with van der Waals surface area (Å²) in [6, 6.07) is 2.70. The van der Waals surface area contributed by atoms with Crippen LogP contribution in [0, 0.1) is 6.92 Å². The van der Waals surface area contributed by atoms with Crippen LogP contribution in [0.15, 0.2) is 29.4 Å². The van der Waals surface area contributed by atoms with Gasteiger partial charge < -0.3 is 0 Å². The third kappa shape index (κ3) is 3.26. The standard InChI is InChI=1S/C10H10ClN3O2S2/c1-7-13-5-8(17-7)6-14-18(15,16)9-2-3-12-10(11)4-9/h2-5,14H,6H2,1H3. The number of rotatable bonds is 4. The fourth-order valence-electron chi connectivity index (χ4n) is 1.29. The predicted octanol–water partition coefficient (Wildman–Crippen LogP) is 1.98. The molecule has 2 aromatic rings. The van der Waals surface area contributed by atoms with Crippen LogP contribution in [-0.4, -0.2) is 18.4 Å². The smallest absolute Gasteiger partial charge is 0.241 e. The third-order valence-electron chi connectivity index (χ3n) is 2.11. The van der Waals surface area contributed by atoms with Crippen molar-refractivity contribution in [1.29, 1.82) is 0 Å². The lowest BCUT2D eigenvalue weighted by Crippen LogP contribution is -2.22. The molecule has 0 spiro atoms. The topological polar surface area (TPSA) is 72.0 Å². The maximum Gasteiger partial charge on any atom is 0.241 e. The number of nitrogens with zero attached hydrogens (tertiary/aromatic N) is 2. The molecule has 1 N–H and O–H groups in total. The minimum absolute atomic E-state index is 0.101. The predicted molar refractivity (Wildman–Crippen MR) is 70.1 cm³/mol. The van der Waals surface area contributed by atoms with Gasteiger partial charge >= 0.3 is 0 Å². The van der Waals surface area contributed by atoms with Gasteiger partial charge in [0.05, 0.1) is 9.90 Å². The Labute approximate surface area is 114 Å². The van der Waals surface area contributed by atoms with Crippen molar-refractivity contribution in [2.24, 2.45) is 0 Å². The van der Waals surface area contributed by atoms with Crippen molar-refractivity contribution >= 4 is 33.0 Å². The van der Waals surface area contributed by atoms with Crippen LogP contribution >= 0.6 is 22.9 Å². The van der Waals surface area contributed by atoms with Gasteiger partial charge in [0, 0.05) is 23.8 Å². The quantitative estimate of drug-likeness (QED) is 0.877. The Morgan fingerprint density at radius 3 is 2.83 bits per heavy atom. The second-order valence-corrected chi connectivity index (χ2v) is 6.96. The Hall–Kier alpha value is -1.02. The SMILES string of the molecule is Cc1ncc(CNS(=O)(=O)c2ccnc(Cl)c2)s1. The lowest BCUT2D eigenvalue weighted by molar-refractivity contribution is 0.581. The highest BCUT2D eigenvalue weighted by atomic mass is 35.5. The van der Waals surface area contributed by atoms with E-state index in [1.165, 1.54) is 29.7 Å². The van der Waals surface area contributed by atoms with E-state index in [9.17, 15) is 8.42 Å². The summed E-state index contributed by atoms with van der Waals surface area (Å²) in [4.78, 5) is 8.76. The zero-order valence-corrected chi connectivity index (χ0v) is 11.8. The first-order valence-electron chi connectivity index (χ1n) is 5.00. The molecule has 0 radical (unpaired) electrons. The second-order valence-electron chi connectivity index (χ2n) is 3.48. The Balaban J connectivity index is 2.13. The fraction of sp³-hybridized carbons (Fsp3) is 0.200. The zero-order chi connectivity index (χ0) is 13.2. The summed E-state index contributed by atoms with van der Waals surface area (Å²) in [5.41, 5.74) is 0. The summed E-state index contributed by atoms with van der Waals surface area (Å²) in [5.74, 6) is 0. The summed E-state index contributed by atoms with van der Waals surface area (Å²) in [6.45, 7) is 2.08. The van der Waals surface area contributed by atoms with Crippen molar-refractivity contribution in [2.45, 2.75) is 18.4 Å². The number of aryl methyl sites for hydroxylation is 1. The number of nitrogens with one attached hydrogen (secondary N) is 1. The molecular weight excluding hydrogens is 294 g/mol. The van der Waals surface area contributed by atoms with Gasteiger partial charge in [-0.1, -0.05) is 11.6 Å². The van der Waals surface area contributed by atoms with Crippen LogP contribution in [0.2, 0.25) is 5.15 Å². The first-order chi connectivity index (χ1) is 8.47. The van der Waals surface area contributed by atoms with Gasteiger partial charge in [-0.3, -0.25) is 0 Å². The molecule has 0 saturated heterocycles. The van der Waals surface area contributed by atoms with Crippen molar-refractivity contribution in [2.75, 3.05) is 0 Å². The van der Waals surface area contributed by atoms with Gasteiger partial charge in [-0.15, -0.1) is 11.3 Å². The van der Waals surface area contributed by atoms with Gasteiger partial charge in [0.1, 0.15) is 5.15 Å². The van der Waals surface area contributed by atoms with Crippen molar-refractivity contribution in [3.8, 4) is 0 Å². The van der Waals surface area contributed by atoms with Crippen molar-refractivity contribution in [3.05, 3.63) is 39.6 Å². The first kappa shape index (κ1) is 13.4. The molecule has 0 aliphatic carbocycles. The van der Waals surface area contributed by atoms with Gasteiger partial charge in [0.25, 0.3) is 0 Å². The molecule has 2 aromatic heterocycles. The molecule has 0 aromatic carbocycles. The van der Waals surface area contributed by atoms with E-state index in [-0.39, 0.29) is 16.6 Å². The van der Waals surface area contributed by atoms with Gasteiger partial charge in [-0.2, -0.15) is 0 Å². The van der Waals surface area contributed by atoms with E-state index in [0.29, 0.717) is 0 Å². The normalized spacial score (nSPS) is 11.7. The average molecular weight is 304 g/mol. The molecule has 0 saturated carbocycles. The zero-order valence-electron chi connectivity index (χ0n) is 9.42. The Morgan fingerprint density at radius 1 is 1.44 bits per heavy atom. The number of pyridine rings is 1. The van der Waals surface area contributed by atoms with Crippen molar-refractivity contribution in [3.63, 3.8) is 0 Å². The largest absolute Gasteiger partial charge is 0.250 e. The molecule has 0 amide bonds. The molecule has 18 heavy (non-hydrogen) atoms. The number of sulfonamides is 1. The lowest BCUT2D eigenvalue weighted by atomic mass is 10.5. The van der Waals surface area contributed by atoms with E-state index in [4.69, 9.17) is 11.6 Å². The molecule has 8 heteroatoms. The fourth-order valence-corrected chi connectivity index (χ4v) is 3.37. The monoisotopic (exact) mass is 303 g/mol. The van der Waals surface area contributed by atoms with E-state index in [1.54, 1.807) is 6.20 Å². The lowest BCUT2D eigenvalue weighted by Gasteiger charge is -2.05. The molecule has 0 fully saturated rings. The van der Waals surface area contributed by atoms with Crippen LogP contribution in [0.1, 0.15) is 9.88 Å². The summed E-state index contributed by atoms with van der Waals surface area (Å²) in [7, 11) is -3.57. The van der Waals surface area contributed by atoms with Crippen molar-refractivity contribution < 1.29 is 8.42 Å². The van der Waals surface area contributed by atoms with Crippen LogP contribution < -0.4 is 4.72 Å². The van der Waals surface area contributed by atoms with Crippen LogP contribution in [0.4, 0.5) is 0 Å². The maximum absolute atomic E-state index is 12.0. The molecule has 2 rings (SSSR count). The third-order valence-corrected chi connectivity index (χ3v) is 4.63. The number of hydrogen-bond donors (Lipinski definition) is 1. The highest BCUT2D eigenvalue weighted by molar-refractivity contribution is 7.89. The number of thiazole rings is 1. The Bertz CT molecular complexity index is 655. The maximum atomic E-state index is 12.0. The van der Waals surface area contributed by atoms with E-state index in [0.717, 1.165) is 9.88 Å². The van der Waals surface area contributed by atoms with E-state index < -0.39 is 10.0 Å². The molecular formula is C10H10ClN3O2S2. The van der Waals surface area contributed by atoms with Gasteiger partial charge in [-0.05, 0) is 19.1 Å². The highest BCUT2D eigenvalue weighted by Gasteiger charge is 2.14. The molecule has 5 nitrogen and oxygen atoms in total. The summed E-state index contributed by atoms with van der Waals surface area (Å²) in [6.07, 6.45) is 3.01. The molecule has 0 aliphatic rings. The van der Waals surface area contributed by atoms with E-state index >= 15 is 0 Å². The van der Waals surface area contributed by atoms with Crippen LogP contribution in [0.3, 0.4) is 0 Å². The van der Waals surface area contributed by atoms with Gasteiger partial charge in [-0.25, -0.2) is 23.1 Å².